The highest BCUT2D eigenvalue weighted by molar-refractivity contribution is 7.98. The quantitative estimate of drug-likeness (QED) is 0.487. The number of methoxy groups -OCH3 is 1. The minimum Gasteiger partial charge on any atom is -0.496 e. The molecule has 1 saturated carbocycles. The van der Waals surface area contributed by atoms with Crippen molar-refractivity contribution >= 4 is 23.5 Å². The molecule has 2 aliphatic heterocycles. The van der Waals surface area contributed by atoms with Crippen LogP contribution in [0.4, 0.5) is 0 Å². The lowest BCUT2D eigenvalue weighted by atomic mass is 9.45. The van der Waals surface area contributed by atoms with Crippen molar-refractivity contribution in [1.82, 2.24) is 4.90 Å². The number of benzene rings is 1. The number of fused-ring (bicyclic) bond motifs is 2. The topological polar surface area (TPSA) is 55.8 Å². The highest BCUT2D eigenvalue weighted by Gasteiger charge is 2.69. The van der Waals surface area contributed by atoms with E-state index in [1.807, 2.05) is 19.2 Å². The zero-order valence-corrected chi connectivity index (χ0v) is 19.5. The van der Waals surface area contributed by atoms with Gasteiger partial charge in [-0.25, -0.2) is 0 Å². The third kappa shape index (κ3) is 2.86. The Morgan fingerprint density at radius 2 is 2.07 bits per heavy atom. The fourth-order valence-electron chi connectivity index (χ4n) is 6.68. The molecule has 2 saturated heterocycles. The second kappa shape index (κ2) is 7.86. The van der Waals surface area contributed by atoms with Crippen molar-refractivity contribution in [2.75, 3.05) is 32.8 Å². The molecule has 6 heteroatoms. The van der Waals surface area contributed by atoms with Crippen LogP contribution in [-0.4, -0.2) is 61.5 Å². The first-order valence-electron chi connectivity index (χ1n) is 10.9. The number of esters is 1. The molecule has 4 aliphatic rings. The van der Waals surface area contributed by atoms with Crippen LogP contribution < -0.4 is 4.74 Å². The molecule has 1 aromatic rings. The highest BCUT2D eigenvalue weighted by Crippen LogP contribution is 2.63. The molecule has 0 amide bonds. The van der Waals surface area contributed by atoms with E-state index in [0.29, 0.717) is 25.5 Å². The van der Waals surface area contributed by atoms with Crippen molar-refractivity contribution < 1.29 is 19.1 Å². The number of ether oxygens (including phenoxy) is 2. The summed E-state index contributed by atoms with van der Waals surface area (Å²) in [6.07, 6.45) is 4.68. The lowest BCUT2D eigenvalue weighted by Gasteiger charge is -2.66. The van der Waals surface area contributed by atoms with Crippen LogP contribution >= 0.6 is 11.8 Å². The Labute approximate surface area is 183 Å². The van der Waals surface area contributed by atoms with Gasteiger partial charge < -0.3 is 9.47 Å². The van der Waals surface area contributed by atoms with Crippen LogP contribution in [0.3, 0.4) is 0 Å². The van der Waals surface area contributed by atoms with E-state index >= 15 is 0 Å². The van der Waals surface area contributed by atoms with Crippen molar-refractivity contribution in [3.05, 3.63) is 29.3 Å². The Morgan fingerprint density at radius 1 is 1.30 bits per heavy atom. The molecule has 164 valence electrons. The molecule has 5 atom stereocenters. The average Bonchev–Trinajstić information content (AvgIpc) is 2.74. The molecule has 30 heavy (non-hydrogen) atoms. The van der Waals surface area contributed by atoms with Crippen LogP contribution in [-0.2, 0) is 26.2 Å². The summed E-state index contributed by atoms with van der Waals surface area (Å²) in [5, 5.41) is 0. The van der Waals surface area contributed by atoms with Gasteiger partial charge in [0.05, 0.1) is 13.7 Å². The van der Waals surface area contributed by atoms with Gasteiger partial charge in [-0.2, -0.15) is 11.8 Å². The predicted molar refractivity (Wildman–Crippen MR) is 119 cm³/mol. The second-order valence-electron chi connectivity index (χ2n) is 9.24. The van der Waals surface area contributed by atoms with Gasteiger partial charge in [-0.05, 0) is 62.8 Å². The molecule has 0 aromatic heterocycles. The number of carbonyl (C=O) groups is 2. The van der Waals surface area contributed by atoms with Crippen molar-refractivity contribution in [3.63, 3.8) is 0 Å². The number of carbonyl (C=O) groups excluding carboxylic acids is 2. The third-order valence-electron chi connectivity index (χ3n) is 8.03. The fourth-order valence-corrected chi connectivity index (χ4v) is 7.07. The first-order chi connectivity index (χ1) is 14.3. The Hall–Kier alpha value is -1.53. The summed E-state index contributed by atoms with van der Waals surface area (Å²) in [7, 11) is 3.83. The Balaban J connectivity index is 1.82. The van der Waals surface area contributed by atoms with E-state index in [-0.39, 0.29) is 29.1 Å². The maximum Gasteiger partial charge on any atom is 0.321 e. The monoisotopic (exact) mass is 431 g/mol. The van der Waals surface area contributed by atoms with Crippen LogP contribution in [0.2, 0.25) is 0 Å². The lowest BCUT2D eigenvalue weighted by Crippen LogP contribution is -2.74. The van der Waals surface area contributed by atoms with E-state index in [1.165, 1.54) is 11.1 Å². The summed E-state index contributed by atoms with van der Waals surface area (Å²) in [4.78, 5) is 29.2. The maximum absolute atomic E-state index is 13.6. The molecule has 3 fully saturated rings. The number of thioether (sulfide) groups is 1. The zero-order chi connectivity index (χ0) is 21.7. The van der Waals surface area contributed by atoms with Crippen molar-refractivity contribution in [2.45, 2.75) is 57.0 Å². The summed E-state index contributed by atoms with van der Waals surface area (Å²) < 4.78 is 11.3. The number of likely N-dealkylation sites (N-methyl/N-ethyl adjacent to an activating group) is 1. The van der Waals surface area contributed by atoms with Gasteiger partial charge in [-0.1, -0.05) is 19.1 Å². The van der Waals surface area contributed by atoms with Gasteiger partial charge in [0.15, 0.2) is 5.78 Å². The molecule has 2 aliphatic carbocycles. The van der Waals surface area contributed by atoms with E-state index < -0.39 is 5.41 Å². The van der Waals surface area contributed by atoms with Gasteiger partial charge in [0, 0.05) is 29.5 Å². The minimum atomic E-state index is -1.05. The lowest BCUT2D eigenvalue weighted by molar-refractivity contribution is -0.188. The minimum absolute atomic E-state index is 0.0541. The normalized spacial score (nSPS) is 34.4. The Morgan fingerprint density at radius 3 is 2.73 bits per heavy atom. The molecule has 1 aromatic carbocycles. The van der Waals surface area contributed by atoms with Crippen LogP contribution in [0.1, 0.15) is 44.2 Å². The first kappa shape index (κ1) is 21.7. The maximum atomic E-state index is 13.6. The third-order valence-corrected chi connectivity index (χ3v) is 8.64. The van der Waals surface area contributed by atoms with Crippen molar-refractivity contribution in [2.24, 2.45) is 11.3 Å². The molecular weight excluding hydrogens is 398 g/mol. The number of rotatable bonds is 7. The van der Waals surface area contributed by atoms with Crippen LogP contribution in [0.25, 0.3) is 0 Å². The average molecular weight is 432 g/mol. The standard InChI is InChI=1S/C24H33NO4S/c1-6-29-22(27)24(20(26)10-11-30-5)13-16-17-12-15-8-7-9-18(28-4)21(15)23(16,2)14-19(24)25(17)3/h7-9,16-17,19H,6,10-14H2,1-5H3/t16?,17?,19?,23-,24?/m0/s1. The van der Waals surface area contributed by atoms with Crippen LogP contribution in [0.15, 0.2) is 18.2 Å². The smallest absolute Gasteiger partial charge is 0.321 e. The fraction of sp³-hybridized carbons (Fsp3) is 0.667. The number of hydrogen-bond donors (Lipinski definition) is 0. The summed E-state index contributed by atoms with van der Waals surface area (Å²) in [6.45, 7) is 4.43. The largest absolute Gasteiger partial charge is 0.496 e. The zero-order valence-electron chi connectivity index (χ0n) is 18.7. The molecule has 5 rings (SSSR count). The molecule has 0 N–H and O–H groups in total. The molecule has 4 bridgehead atoms. The van der Waals surface area contributed by atoms with E-state index in [9.17, 15) is 9.59 Å². The molecule has 0 radical (unpaired) electrons. The number of nitrogens with zero attached hydrogens (tertiary/aromatic N) is 1. The van der Waals surface area contributed by atoms with E-state index in [0.717, 1.165) is 24.3 Å². The van der Waals surface area contributed by atoms with Gasteiger partial charge in [0.1, 0.15) is 11.2 Å². The summed E-state index contributed by atoms with van der Waals surface area (Å²) >= 11 is 1.65. The summed E-state index contributed by atoms with van der Waals surface area (Å²) in [5.41, 5.74) is 1.44. The van der Waals surface area contributed by atoms with E-state index in [1.54, 1.807) is 18.9 Å². The number of Topliss-reactive ketones (excluding diaryl/α,β-unsaturated/α-hetero) is 1. The van der Waals surface area contributed by atoms with Crippen LogP contribution in [0, 0.1) is 11.3 Å². The SMILES string of the molecule is CCOC(=O)C1(C(=O)CCSC)CC2C3Cc4cccc(OC)c4[C@@]2(C)CC1N3C. The Bertz CT molecular complexity index is 858. The van der Waals surface area contributed by atoms with Gasteiger partial charge in [-0.3, -0.25) is 14.5 Å². The molecule has 2 heterocycles. The number of piperidine rings is 2. The van der Waals surface area contributed by atoms with E-state index in [2.05, 4.69) is 31.0 Å². The van der Waals surface area contributed by atoms with Gasteiger partial charge in [0.2, 0.25) is 0 Å². The number of ketones is 1. The molecule has 4 unspecified atom stereocenters. The van der Waals surface area contributed by atoms with Crippen molar-refractivity contribution in [3.8, 4) is 5.75 Å². The van der Waals surface area contributed by atoms with E-state index in [4.69, 9.17) is 9.47 Å². The van der Waals surface area contributed by atoms with Gasteiger partial charge in [0.25, 0.3) is 0 Å². The van der Waals surface area contributed by atoms with Crippen LogP contribution in [0.5, 0.6) is 5.75 Å². The molecule has 0 spiro atoms. The molecular formula is C24H33NO4S. The number of hydrogen-bond acceptors (Lipinski definition) is 6. The summed E-state index contributed by atoms with van der Waals surface area (Å²) in [6, 6.07) is 6.48. The molecule has 5 nitrogen and oxygen atoms in total. The Kier molecular flexibility index (Phi) is 5.69. The van der Waals surface area contributed by atoms with Gasteiger partial charge >= 0.3 is 5.97 Å². The van der Waals surface area contributed by atoms with Gasteiger partial charge in [-0.15, -0.1) is 0 Å². The first-order valence-corrected chi connectivity index (χ1v) is 12.3. The van der Waals surface area contributed by atoms with Crippen molar-refractivity contribution in [1.29, 1.82) is 0 Å². The summed E-state index contributed by atoms with van der Waals surface area (Å²) in [5.74, 6) is 1.61. The second-order valence-corrected chi connectivity index (χ2v) is 10.2. The highest BCUT2D eigenvalue weighted by atomic mass is 32.2. The predicted octanol–water partition coefficient (Wildman–Crippen LogP) is 3.47.